The maximum absolute atomic E-state index is 4.53. The summed E-state index contributed by atoms with van der Waals surface area (Å²) in [7, 11) is 0. The third-order valence-corrected chi connectivity index (χ3v) is 2.86. The molecule has 0 amide bonds. The molecule has 1 aromatic rings. The highest BCUT2D eigenvalue weighted by molar-refractivity contribution is 5.47. The van der Waals surface area contributed by atoms with Gasteiger partial charge in [0.05, 0.1) is 0 Å². The number of nitrogens with zero attached hydrogens (tertiary/aromatic N) is 2. The fraction of sp³-hybridized carbons (Fsp3) is 0.583. The van der Waals surface area contributed by atoms with Crippen molar-refractivity contribution in [3.8, 4) is 0 Å². The molecule has 1 atom stereocenters. The summed E-state index contributed by atoms with van der Waals surface area (Å²) in [6.07, 6.45) is 1.95. The van der Waals surface area contributed by atoms with Gasteiger partial charge in [-0.05, 0) is 31.9 Å². The van der Waals surface area contributed by atoms with Gasteiger partial charge in [0.2, 0.25) is 0 Å². The summed E-state index contributed by atoms with van der Waals surface area (Å²) in [5, 5.41) is 3.44. The highest BCUT2D eigenvalue weighted by Gasteiger charge is 2.17. The number of nitrogens with one attached hydrogen (secondary N) is 1. The number of rotatable bonds is 1. The Morgan fingerprint density at radius 1 is 1.47 bits per heavy atom. The molecule has 0 saturated carbocycles. The lowest BCUT2D eigenvalue weighted by atomic mass is 10.2. The first-order chi connectivity index (χ1) is 7.16. The predicted octanol–water partition coefficient (Wildman–Crippen LogP) is 1.50. The molecule has 1 saturated heterocycles. The second kappa shape index (κ2) is 4.19. The summed E-state index contributed by atoms with van der Waals surface area (Å²) in [6.45, 7) is 9.61. The number of piperazine rings is 1. The Hall–Kier alpha value is -1.09. The monoisotopic (exact) mass is 205 g/mol. The van der Waals surface area contributed by atoms with E-state index in [0.717, 1.165) is 25.5 Å². The lowest BCUT2D eigenvalue weighted by molar-refractivity contribution is 0.482. The smallest absolute Gasteiger partial charge is 0.131 e. The molecule has 1 aliphatic rings. The van der Waals surface area contributed by atoms with Crippen molar-refractivity contribution >= 4 is 5.82 Å². The normalized spacial score (nSPS) is 21.8. The van der Waals surface area contributed by atoms with Crippen molar-refractivity contribution in [3.05, 3.63) is 23.4 Å². The second-order valence-electron chi connectivity index (χ2n) is 4.45. The zero-order valence-electron chi connectivity index (χ0n) is 9.75. The van der Waals surface area contributed by atoms with Crippen LogP contribution in [0.4, 0.5) is 5.82 Å². The molecule has 1 aromatic heterocycles. The van der Waals surface area contributed by atoms with Gasteiger partial charge in [0, 0.05) is 31.9 Å². The van der Waals surface area contributed by atoms with Gasteiger partial charge < -0.3 is 10.2 Å². The van der Waals surface area contributed by atoms with Crippen molar-refractivity contribution in [2.24, 2.45) is 0 Å². The maximum Gasteiger partial charge on any atom is 0.131 e. The van der Waals surface area contributed by atoms with Crippen LogP contribution in [-0.2, 0) is 0 Å². The van der Waals surface area contributed by atoms with Gasteiger partial charge in [0.25, 0.3) is 0 Å². The highest BCUT2D eigenvalue weighted by Crippen LogP contribution is 2.18. The third-order valence-electron chi connectivity index (χ3n) is 2.86. The van der Waals surface area contributed by atoms with Crippen LogP contribution in [0.2, 0.25) is 0 Å². The predicted molar refractivity (Wildman–Crippen MR) is 63.4 cm³/mol. The molecule has 82 valence electrons. The van der Waals surface area contributed by atoms with Crippen LogP contribution in [0.5, 0.6) is 0 Å². The van der Waals surface area contributed by atoms with E-state index in [4.69, 9.17) is 0 Å². The van der Waals surface area contributed by atoms with Gasteiger partial charge in [0.1, 0.15) is 5.82 Å². The lowest BCUT2D eigenvalue weighted by Gasteiger charge is -2.33. The molecule has 1 aliphatic heterocycles. The Balaban J connectivity index is 2.21. The van der Waals surface area contributed by atoms with Crippen molar-refractivity contribution in [2.45, 2.75) is 26.8 Å². The summed E-state index contributed by atoms with van der Waals surface area (Å²) in [5.41, 5.74) is 2.52. The first kappa shape index (κ1) is 10.4. The molecule has 0 aliphatic carbocycles. The van der Waals surface area contributed by atoms with Crippen LogP contribution in [0, 0.1) is 13.8 Å². The molecule has 0 bridgehead atoms. The highest BCUT2D eigenvalue weighted by atomic mass is 15.2. The molecular weight excluding hydrogens is 186 g/mol. The van der Waals surface area contributed by atoms with E-state index >= 15 is 0 Å². The number of aromatic nitrogens is 1. The quantitative estimate of drug-likeness (QED) is 0.753. The zero-order valence-corrected chi connectivity index (χ0v) is 9.75. The average molecular weight is 205 g/mol. The van der Waals surface area contributed by atoms with E-state index in [9.17, 15) is 0 Å². The molecule has 3 nitrogen and oxygen atoms in total. The minimum atomic E-state index is 0.557. The molecule has 2 heterocycles. The third kappa shape index (κ3) is 2.29. The van der Waals surface area contributed by atoms with E-state index in [1.54, 1.807) is 0 Å². The largest absolute Gasteiger partial charge is 0.354 e. The second-order valence-corrected chi connectivity index (χ2v) is 4.45. The number of anilines is 1. The molecule has 3 heteroatoms. The molecule has 0 radical (unpaired) electrons. The van der Waals surface area contributed by atoms with Gasteiger partial charge in [-0.3, -0.25) is 0 Å². The molecule has 1 unspecified atom stereocenters. The van der Waals surface area contributed by atoms with Crippen molar-refractivity contribution in [2.75, 3.05) is 24.5 Å². The molecule has 15 heavy (non-hydrogen) atoms. The van der Waals surface area contributed by atoms with E-state index in [-0.39, 0.29) is 0 Å². The molecule has 0 spiro atoms. The Morgan fingerprint density at radius 3 is 2.93 bits per heavy atom. The summed E-state index contributed by atoms with van der Waals surface area (Å²) < 4.78 is 0. The summed E-state index contributed by atoms with van der Waals surface area (Å²) in [6, 6.07) is 2.76. The number of pyridine rings is 1. The summed E-state index contributed by atoms with van der Waals surface area (Å²) in [5.74, 6) is 1.15. The lowest BCUT2D eigenvalue weighted by Crippen LogP contribution is -2.49. The fourth-order valence-corrected chi connectivity index (χ4v) is 2.16. The van der Waals surface area contributed by atoms with E-state index in [1.165, 1.54) is 11.1 Å². The Labute approximate surface area is 91.5 Å². The summed E-state index contributed by atoms with van der Waals surface area (Å²) >= 11 is 0. The fourth-order valence-electron chi connectivity index (χ4n) is 2.16. The minimum Gasteiger partial charge on any atom is -0.354 e. The van der Waals surface area contributed by atoms with E-state index in [0.29, 0.717) is 6.04 Å². The van der Waals surface area contributed by atoms with Crippen LogP contribution < -0.4 is 10.2 Å². The van der Waals surface area contributed by atoms with E-state index in [2.05, 4.69) is 42.0 Å². The molecule has 1 fully saturated rings. The van der Waals surface area contributed by atoms with Gasteiger partial charge >= 0.3 is 0 Å². The van der Waals surface area contributed by atoms with Crippen LogP contribution in [0.15, 0.2) is 12.3 Å². The summed E-state index contributed by atoms with van der Waals surface area (Å²) in [4.78, 5) is 6.91. The van der Waals surface area contributed by atoms with Crippen LogP contribution in [0.25, 0.3) is 0 Å². The van der Waals surface area contributed by atoms with Crippen LogP contribution in [0.1, 0.15) is 18.1 Å². The van der Waals surface area contributed by atoms with E-state index < -0.39 is 0 Å². The average Bonchev–Trinajstić information content (AvgIpc) is 2.17. The Morgan fingerprint density at radius 2 is 2.27 bits per heavy atom. The zero-order chi connectivity index (χ0) is 10.8. The SMILES string of the molecule is Cc1cnc(N2CCNC(C)C2)c(C)c1. The maximum atomic E-state index is 4.53. The number of aryl methyl sites for hydroxylation is 2. The molecular formula is C12H19N3. The topological polar surface area (TPSA) is 28.2 Å². The molecule has 0 aromatic carbocycles. The van der Waals surface area contributed by atoms with Crippen LogP contribution >= 0.6 is 0 Å². The van der Waals surface area contributed by atoms with Crippen molar-refractivity contribution in [3.63, 3.8) is 0 Å². The van der Waals surface area contributed by atoms with Crippen LogP contribution in [0.3, 0.4) is 0 Å². The Bertz CT molecular complexity index is 349. The van der Waals surface area contributed by atoms with Crippen molar-refractivity contribution in [1.82, 2.24) is 10.3 Å². The van der Waals surface area contributed by atoms with Crippen LogP contribution in [-0.4, -0.2) is 30.7 Å². The van der Waals surface area contributed by atoms with Gasteiger partial charge in [-0.25, -0.2) is 4.98 Å². The first-order valence-corrected chi connectivity index (χ1v) is 5.58. The minimum absolute atomic E-state index is 0.557. The van der Waals surface area contributed by atoms with Gasteiger partial charge in [-0.15, -0.1) is 0 Å². The van der Waals surface area contributed by atoms with Crippen molar-refractivity contribution < 1.29 is 0 Å². The Kier molecular flexibility index (Phi) is 2.91. The van der Waals surface area contributed by atoms with Gasteiger partial charge in [-0.2, -0.15) is 0 Å². The standard InChI is InChI=1S/C12H19N3/c1-9-6-10(2)12(14-7-9)15-5-4-13-11(3)8-15/h6-7,11,13H,4-5,8H2,1-3H3. The van der Waals surface area contributed by atoms with E-state index in [1.807, 2.05) is 6.20 Å². The van der Waals surface area contributed by atoms with Gasteiger partial charge in [-0.1, -0.05) is 6.07 Å². The number of hydrogen-bond donors (Lipinski definition) is 1. The van der Waals surface area contributed by atoms with Crippen molar-refractivity contribution in [1.29, 1.82) is 0 Å². The van der Waals surface area contributed by atoms with Gasteiger partial charge in [0.15, 0.2) is 0 Å². The first-order valence-electron chi connectivity index (χ1n) is 5.58. The molecule has 2 rings (SSSR count). The number of hydrogen-bond acceptors (Lipinski definition) is 3. The molecule has 1 N–H and O–H groups in total.